The van der Waals surface area contributed by atoms with Crippen LogP contribution < -0.4 is 4.90 Å². The average molecular weight is 309 g/mol. The summed E-state index contributed by atoms with van der Waals surface area (Å²) in [6, 6.07) is 9.03. The molecule has 1 fully saturated rings. The quantitative estimate of drug-likeness (QED) is 0.730. The van der Waals surface area contributed by atoms with Crippen LogP contribution in [0.2, 0.25) is 0 Å². The summed E-state index contributed by atoms with van der Waals surface area (Å²) < 4.78 is 15.2. The van der Waals surface area contributed by atoms with Gasteiger partial charge in [0.05, 0.1) is 0 Å². The molecule has 3 heterocycles. The number of aromatic nitrogens is 4. The maximum absolute atomic E-state index is 13.3. The topological polar surface area (TPSA) is 46.3 Å². The summed E-state index contributed by atoms with van der Waals surface area (Å²) in [6.07, 6.45) is 3.19. The Labute approximate surface area is 132 Å². The van der Waals surface area contributed by atoms with Crippen LogP contribution in [0.3, 0.4) is 0 Å². The lowest BCUT2D eigenvalue weighted by molar-refractivity contribution is 0.618. The highest BCUT2D eigenvalue weighted by atomic mass is 19.1. The molecule has 23 heavy (non-hydrogen) atoms. The molecule has 0 unspecified atom stereocenters. The zero-order valence-electron chi connectivity index (χ0n) is 12.6. The van der Waals surface area contributed by atoms with E-state index in [-0.39, 0.29) is 5.82 Å². The number of benzene rings is 1. The molecule has 0 spiro atoms. The third kappa shape index (κ3) is 2.17. The van der Waals surface area contributed by atoms with Crippen LogP contribution in [0.15, 0.2) is 30.3 Å². The Morgan fingerprint density at radius 2 is 1.96 bits per heavy atom. The highest BCUT2D eigenvalue weighted by Crippen LogP contribution is 2.38. The lowest BCUT2D eigenvalue weighted by Gasteiger charge is -2.29. The van der Waals surface area contributed by atoms with Crippen molar-refractivity contribution in [1.29, 1.82) is 0 Å². The maximum atomic E-state index is 13.3. The first-order chi connectivity index (χ1) is 11.3. The molecule has 6 heteroatoms. The van der Waals surface area contributed by atoms with Gasteiger partial charge in [0.15, 0.2) is 11.5 Å². The van der Waals surface area contributed by atoms with Gasteiger partial charge >= 0.3 is 0 Å². The molecule has 5 rings (SSSR count). The highest BCUT2D eigenvalue weighted by Gasteiger charge is 2.29. The molecular weight excluding hydrogens is 293 g/mol. The molecule has 5 nitrogen and oxygen atoms in total. The SMILES string of the molecule is Fc1ccc2c(c1)CCN(c1ccc3nnc(C4CC4)n3n1)C2. The van der Waals surface area contributed by atoms with E-state index in [0.717, 1.165) is 42.4 Å². The Morgan fingerprint density at radius 3 is 2.83 bits per heavy atom. The molecule has 3 aromatic rings. The van der Waals surface area contributed by atoms with Crippen LogP contribution in [0.25, 0.3) is 5.65 Å². The van der Waals surface area contributed by atoms with Crippen LogP contribution in [0, 0.1) is 5.82 Å². The first kappa shape index (κ1) is 13.0. The van der Waals surface area contributed by atoms with Crippen LogP contribution in [0.1, 0.15) is 35.7 Å². The first-order valence-corrected chi connectivity index (χ1v) is 8.02. The molecule has 116 valence electrons. The Kier molecular flexibility index (Phi) is 2.68. The second kappa shape index (κ2) is 4.75. The molecule has 1 aliphatic carbocycles. The van der Waals surface area contributed by atoms with E-state index in [9.17, 15) is 4.39 Å². The van der Waals surface area contributed by atoms with Crippen molar-refractivity contribution < 1.29 is 4.39 Å². The van der Waals surface area contributed by atoms with E-state index in [1.165, 1.54) is 24.5 Å². The highest BCUT2D eigenvalue weighted by molar-refractivity contribution is 5.48. The normalized spacial score (nSPS) is 17.5. The fraction of sp³-hybridized carbons (Fsp3) is 0.353. The van der Waals surface area contributed by atoms with Gasteiger partial charge in [0.1, 0.15) is 11.6 Å². The van der Waals surface area contributed by atoms with Crippen molar-refractivity contribution in [3.8, 4) is 0 Å². The van der Waals surface area contributed by atoms with Gasteiger partial charge in [-0.05, 0) is 54.7 Å². The standard InChI is InChI=1S/C17H16FN5/c18-14-4-3-13-10-22(8-7-12(13)9-14)16-6-5-15-19-20-17(11-1-2-11)23(15)21-16/h3-6,9,11H,1-2,7-8,10H2. The Hall–Kier alpha value is -2.50. The fourth-order valence-corrected chi connectivity index (χ4v) is 3.28. The molecule has 0 amide bonds. The number of halogens is 1. The number of anilines is 1. The number of rotatable bonds is 2. The summed E-state index contributed by atoms with van der Waals surface area (Å²) in [7, 11) is 0. The van der Waals surface area contributed by atoms with Gasteiger partial charge in [-0.25, -0.2) is 4.39 Å². The molecule has 0 N–H and O–H groups in total. The number of fused-ring (bicyclic) bond motifs is 2. The fourth-order valence-electron chi connectivity index (χ4n) is 3.28. The van der Waals surface area contributed by atoms with Crippen LogP contribution >= 0.6 is 0 Å². The van der Waals surface area contributed by atoms with Crippen LogP contribution in [-0.4, -0.2) is 26.4 Å². The summed E-state index contributed by atoms with van der Waals surface area (Å²) in [5.41, 5.74) is 3.08. The minimum Gasteiger partial charge on any atom is -0.351 e. The van der Waals surface area contributed by atoms with Crippen molar-refractivity contribution in [1.82, 2.24) is 19.8 Å². The zero-order chi connectivity index (χ0) is 15.4. The minimum absolute atomic E-state index is 0.157. The van der Waals surface area contributed by atoms with E-state index in [0.29, 0.717) is 5.92 Å². The summed E-state index contributed by atoms with van der Waals surface area (Å²) in [5.74, 6) is 2.25. The lowest BCUT2D eigenvalue weighted by Crippen LogP contribution is -2.31. The zero-order valence-corrected chi connectivity index (χ0v) is 12.6. The predicted octanol–water partition coefficient (Wildman–Crippen LogP) is 2.70. The van der Waals surface area contributed by atoms with Gasteiger partial charge in [0.25, 0.3) is 0 Å². The minimum atomic E-state index is -0.157. The summed E-state index contributed by atoms with van der Waals surface area (Å²) >= 11 is 0. The number of hydrogen-bond acceptors (Lipinski definition) is 4. The maximum Gasteiger partial charge on any atom is 0.178 e. The van der Waals surface area contributed by atoms with Crippen molar-refractivity contribution in [2.24, 2.45) is 0 Å². The molecule has 0 saturated heterocycles. The lowest BCUT2D eigenvalue weighted by atomic mass is 10.00. The van der Waals surface area contributed by atoms with Gasteiger partial charge in [0.2, 0.25) is 0 Å². The van der Waals surface area contributed by atoms with E-state index in [4.69, 9.17) is 5.10 Å². The molecule has 0 radical (unpaired) electrons. The predicted molar refractivity (Wildman–Crippen MR) is 83.9 cm³/mol. The van der Waals surface area contributed by atoms with Gasteiger partial charge in [0, 0.05) is 19.0 Å². The van der Waals surface area contributed by atoms with Crippen molar-refractivity contribution in [2.75, 3.05) is 11.4 Å². The molecule has 2 aromatic heterocycles. The van der Waals surface area contributed by atoms with E-state index in [1.807, 2.05) is 22.7 Å². The van der Waals surface area contributed by atoms with E-state index in [1.54, 1.807) is 6.07 Å². The number of nitrogens with zero attached hydrogens (tertiary/aromatic N) is 5. The smallest absolute Gasteiger partial charge is 0.178 e. The molecule has 1 aliphatic heterocycles. The van der Waals surface area contributed by atoms with E-state index < -0.39 is 0 Å². The Bertz CT molecular complexity index is 899. The number of hydrogen-bond donors (Lipinski definition) is 0. The van der Waals surface area contributed by atoms with Crippen LogP contribution in [-0.2, 0) is 13.0 Å². The second-order valence-corrected chi connectivity index (χ2v) is 6.38. The van der Waals surface area contributed by atoms with Crippen molar-refractivity contribution in [3.05, 3.63) is 53.1 Å². The first-order valence-electron chi connectivity index (χ1n) is 8.02. The van der Waals surface area contributed by atoms with Crippen molar-refractivity contribution >= 4 is 11.5 Å². The van der Waals surface area contributed by atoms with Crippen LogP contribution in [0.4, 0.5) is 10.2 Å². The third-order valence-electron chi connectivity index (χ3n) is 4.72. The molecule has 0 bridgehead atoms. The van der Waals surface area contributed by atoms with Gasteiger partial charge in [-0.3, -0.25) is 0 Å². The van der Waals surface area contributed by atoms with E-state index in [2.05, 4.69) is 15.1 Å². The van der Waals surface area contributed by atoms with Gasteiger partial charge in [-0.1, -0.05) is 6.07 Å². The third-order valence-corrected chi connectivity index (χ3v) is 4.72. The Morgan fingerprint density at radius 1 is 1.04 bits per heavy atom. The van der Waals surface area contributed by atoms with Crippen molar-refractivity contribution in [3.63, 3.8) is 0 Å². The van der Waals surface area contributed by atoms with Crippen molar-refractivity contribution in [2.45, 2.75) is 31.7 Å². The molecule has 1 aromatic carbocycles. The van der Waals surface area contributed by atoms with Gasteiger partial charge in [-0.15, -0.1) is 15.3 Å². The largest absolute Gasteiger partial charge is 0.351 e. The summed E-state index contributed by atoms with van der Waals surface area (Å²) in [6.45, 7) is 1.60. The molecular formula is C17H16FN5. The molecule has 2 aliphatic rings. The summed E-state index contributed by atoms with van der Waals surface area (Å²) in [4.78, 5) is 2.23. The van der Waals surface area contributed by atoms with Crippen LogP contribution in [0.5, 0.6) is 0 Å². The summed E-state index contributed by atoms with van der Waals surface area (Å²) in [5, 5.41) is 13.2. The van der Waals surface area contributed by atoms with Gasteiger partial charge in [-0.2, -0.15) is 4.52 Å². The second-order valence-electron chi connectivity index (χ2n) is 6.38. The molecule has 1 saturated carbocycles. The Balaban J connectivity index is 1.51. The molecule has 0 atom stereocenters. The van der Waals surface area contributed by atoms with E-state index >= 15 is 0 Å². The monoisotopic (exact) mass is 309 g/mol. The average Bonchev–Trinajstić information content (AvgIpc) is 3.33. The van der Waals surface area contributed by atoms with Gasteiger partial charge < -0.3 is 4.90 Å².